The van der Waals surface area contributed by atoms with Gasteiger partial charge in [-0.05, 0) is 67.8 Å². The Labute approximate surface area is 283 Å². The van der Waals surface area contributed by atoms with Crippen LogP contribution in [0.15, 0.2) is 65.6 Å². The second kappa shape index (κ2) is 16.8. The summed E-state index contributed by atoms with van der Waals surface area (Å²) in [6, 6.07) is 13.0. The fourth-order valence-corrected chi connectivity index (χ4v) is 5.12. The van der Waals surface area contributed by atoms with Crippen molar-refractivity contribution in [3.63, 3.8) is 0 Å². The van der Waals surface area contributed by atoms with E-state index in [-0.39, 0.29) is 29.6 Å². The Hall–Kier alpha value is -5.16. The first kappa shape index (κ1) is 38.3. The highest BCUT2D eigenvalue weighted by Crippen LogP contribution is 2.31. The number of halogens is 3. The summed E-state index contributed by atoms with van der Waals surface area (Å²) in [6.45, 7) is 8.51. The topological polar surface area (TPSA) is 128 Å². The Bertz CT molecular complexity index is 1830. The maximum absolute atomic E-state index is 14.0. The number of esters is 1. The van der Waals surface area contributed by atoms with E-state index in [9.17, 15) is 32.8 Å². The molecule has 1 amide bonds. The predicted octanol–water partition coefficient (Wildman–Crippen LogP) is 4.17. The molecule has 2 heterocycles. The number of nitrogens with one attached hydrogen (secondary N) is 2. The number of nitriles is 1. The fraction of sp³-hybridized carbons (Fsp3) is 0.400. The lowest BCUT2D eigenvalue weighted by molar-refractivity contribution is -0.858. The van der Waals surface area contributed by atoms with E-state index in [1.807, 2.05) is 40.9 Å². The smallest absolute Gasteiger partial charge is 0.416 e. The zero-order valence-electron chi connectivity index (χ0n) is 28.8. The van der Waals surface area contributed by atoms with Crippen LogP contribution < -0.4 is 15.8 Å². The van der Waals surface area contributed by atoms with E-state index >= 15 is 0 Å². The highest BCUT2D eigenvalue weighted by molar-refractivity contribution is 6.01. The fourth-order valence-electron chi connectivity index (χ4n) is 5.12. The number of amides is 1. The normalized spacial score (nSPS) is 12.4. The molecular formula is C35H43F3N7O4+. The molecule has 4 rings (SSSR count). The van der Waals surface area contributed by atoms with Gasteiger partial charge in [-0.15, -0.1) is 0 Å². The average Bonchev–Trinajstić information content (AvgIpc) is 3.66. The third-order valence-electron chi connectivity index (χ3n) is 7.83. The number of hydrogen-bond acceptors (Lipinski definition) is 6. The van der Waals surface area contributed by atoms with Crippen LogP contribution in [-0.2, 0) is 22.8 Å². The van der Waals surface area contributed by atoms with Crippen molar-refractivity contribution in [3.05, 3.63) is 87.8 Å². The van der Waals surface area contributed by atoms with Gasteiger partial charge in [-0.2, -0.15) is 23.5 Å². The largest absolute Gasteiger partial charge is 0.464 e. The standard InChI is InChI=1S/C33H36F3N7O4.C2H6/c1-6-22(15-17-40(3)4)20-47-32(46)21(2)39-30(44)28-29(27-14-16-38-42(27)25-12-10-23(19-37)11-13-25)41(5)43(31(28)45)26-9-7-8-24(18-26)33(34,35)36;1-2/h7-14,16,18,21-22H,6,15,17,20H2,1-5H3,(H,39,44);1-2H3/p+1/t21-,22?;/m0./s1. The highest BCUT2D eigenvalue weighted by atomic mass is 19.4. The third kappa shape index (κ3) is 9.05. The summed E-state index contributed by atoms with van der Waals surface area (Å²) in [5.74, 6) is -1.47. The second-order valence-electron chi connectivity index (χ2n) is 11.5. The predicted molar refractivity (Wildman–Crippen MR) is 179 cm³/mol. The molecule has 49 heavy (non-hydrogen) atoms. The summed E-state index contributed by atoms with van der Waals surface area (Å²) in [7, 11) is 5.50. The van der Waals surface area contributed by atoms with Gasteiger partial charge in [0.1, 0.15) is 17.3 Å². The number of rotatable bonds is 12. The molecular weight excluding hydrogens is 639 g/mol. The summed E-state index contributed by atoms with van der Waals surface area (Å²) >= 11 is 0. The van der Waals surface area contributed by atoms with Crippen LogP contribution in [0.4, 0.5) is 13.2 Å². The first-order valence-corrected chi connectivity index (χ1v) is 16.1. The molecule has 0 saturated carbocycles. The molecule has 0 bridgehead atoms. The van der Waals surface area contributed by atoms with Crippen molar-refractivity contribution in [1.29, 1.82) is 5.26 Å². The van der Waals surface area contributed by atoms with E-state index in [2.05, 4.69) is 10.4 Å². The zero-order valence-corrected chi connectivity index (χ0v) is 28.8. The quantitative estimate of drug-likeness (QED) is 0.216. The lowest BCUT2D eigenvalue weighted by Crippen LogP contribution is -3.05. The summed E-state index contributed by atoms with van der Waals surface area (Å²) < 4.78 is 50.0. The molecule has 0 aliphatic heterocycles. The van der Waals surface area contributed by atoms with Crippen LogP contribution in [-0.4, -0.2) is 64.3 Å². The Morgan fingerprint density at radius 1 is 1.08 bits per heavy atom. The Kier molecular flexibility index (Phi) is 13.1. The van der Waals surface area contributed by atoms with Crippen molar-refractivity contribution in [3.8, 4) is 28.8 Å². The Morgan fingerprint density at radius 3 is 2.35 bits per heavy atom. The number of alkyl halides is 3. The summed E-state index contributed by atoms with van der Waals surface area (Å²) in [4.78, 5) is 42.0. The molecule has 2 atom stereocenters. The van der Waals surface area contributed by atoms with E-state index in [4.69, 9.17) is 4.74 Å². The lowest BCUT2D eigenvalue weighted by atomic mass is 10.0. The highest BCUT2D eigenvalue weighted by Gasteiger charge is 2.33. The first-order chi connectivity index (χ1) is 23.3. The van der Waals surface area contributed by atoms with Crippen molar-refractivity contribution in [2.45, 2.75) is 52.8 Å². The van der Waals surface area contributed by atoms with Crippen LogP contribution in [0, 0.1) is 17.2 Å². The van der Waals surface area contributed by atoms with Crippen LogP contribution in [0.5, 0.6) is 0 Å². The van der Waals surface area contributed by atoms with Crippen molar-refractivity contribution in [2.75, 3.05) is 27.2 Å². The molecule has 2 aromatic carbocycles. The summed E-state index contributed by atoms with van der Waals surface area (Å²) in [6.07, 6.45) is -1.59. The number of aromatic nitrogens is 4. The van der Waals surface area contributed by atoms with Gasteiger partial charge < -0.3 is 15.0 Å². The molecule has 1 unspecified atom stereocenters. The maximum Gasteiger partial charge on any atom is 0.416 e. The molecule has 11 nitrogen and oxygen atoms in total. The molecule has 14 heteroatoms. The van der Waals surface area contributed by atoms with Gasteiger partial charge in [-0.25, -0.2) is 14.2 Å². The molecule has 262 valence electrons. The van der Waals surface area contributed by atoms with Crippen LogP contribution in [0.2, 0.25) is 0 Å². The van der Waals surface area contributed by atoms with Crippen molar-refractivity contribution < 1.29 is 32.4 Å². The molecule has 0 saturated heterocycles. The molecule has 0 spiro atoms. The molecule has 2 aromatic heterocycles. The van der Waals surface area contributed by atoms with Gasteiger partial charge in [0, 0.05) is 13.5 Å². The van der Waals surface area contributed by atoms with E-state index in [1.54, 1.807) is 24.3 Å². The van der Waals surface area contributed by atoms with Crippen LogP contribution in [0.25, 0.3) is 22.8 Å². The summed E-state index contributed by atoms with van der Waals surface area (Å²) in [5.41, 5.74) is -1.26. The maximum atomic E-state index is 14.0. The van der Waals surface area contributed by atoms with Gasteiger partial charge in [0.25, 0.3) is 11.5 Å². The van der Waals surface area contributed by atoms with Crippen LogP contribution >= 0.6 is 0 Å². The Morgan fingerprint density at radius 2 is 1.76 bits per heavy atom. The Balaban J connectivity index is 0.00000319. The molecule has 2 N–H and O–H groups in total. The van der Waals surface area contributed by atoms with Crippen molar-refractivity contribution in [2.24, 2.45) is 13.0 Å². The SMILES string of the molecule is CC.CCC(CC[NH+](C)C)COC(=O)[C@H](C)NC(=O)c1c(-c2ccnn2-c2ccc(C#N)cc2)n(C)n(-c2cccc(C(F)(F)F)c2)c1=O. The average molecular weight is 683 g/mol. The minimum absolute atomic E-state index is 0.0320. The van der Waals surface area contributed by atoms with Crippen molar-refractivity contribution >= 4 is 11.9 Å². The third-order valence-corrected chi connectivity index (χ3v) is 7.83. The van der Waals surface area contributed by atoms with Gasteiger partial charge in [-0.3, -0.25) is 14.3 Å². The van der Waals surface area contributed by atoms with Gasteiger partial charge in [0.2, 0.25) is 0 Å². The number of hydrogen-bond donors (Lipinski definition) is 2. The number of quaternary nitrogens is 1. The van der Waals surface area contributed by atoms with Crippen LogP contribution in [0.3, 0.4) is 0 Å². The minimum atomic E-state index is -4.68. The van der Waals surface area contributed by atoms with E-state index in [0.29, 0.717) is 11.3 Å². The lowest BCUT2D eigenvalue weighted by Gasteiger charge is -2.18. The zero-order chi connectivity index (χ0) is 36.5. The molecule has 0 aliphatic carbocycles. The minimum Gasteiger partial charge on any atom is -0.464 e. The molecule has 4 aromatic rings. The van der Waals surface area contributed by atoms with Crippen molar-refractivity contribution in [1.82, 2.24) is 24.5 Å². The summed E-state index contributed by atoms with van der Waals surface area (Å²) in [5, 5.41) is 16.1. The monoisotopic (exact) mass is 682 g/mol. The number of nitrogens with zero attached hydrogens (tertiary/aromatic N) is 5. The molecule has 0 aliphatic rings. The van der Waals surface area contributed by atoms with Gasteiger partial charge in [-0.1, -0.05) is 26.8 Å². The van der Waals surface area contributed by atoms with Gasteiger partial charge in [0.05, 0.1) is 67.7 Å². The molecule has 0 radical (unpaired) electrons. The second-order valence-corrected chi connectivity index (χ2v) is 11.5. The number of carbonyl (C=O) groups is 2. The van der Waals surface area contributed by atoms with E-state index < -0.39 is 40.8 Å². The number of ether oxygens (including phenoxy) is 1. The van der Waals surface area contributed by atoms with Gasteiger partial charge in [0.15, 0.2) is 0 Å². The van der Waals surface area contributed by atoms with E-state index in [0.717, 1.165) is 36.2 Å². The van der Waals surface area contributed by atoms with Crippen LogP contribution in [0.1, 0.15) is 62.0 Å². The van der Waals surface area contributed by atoms with Gasteiger partial charge >= 0.3 is 12.1 Å². The first-order valence-electron chi connectivity index (χ1n) is 16.1. The number of carbonyl (C=O) groups excluding carboxylic acids is 2. The number of benzene rings is 2. The van der Waals surface area contributed by atoms with E-state index in [1.165, 1.54) is 52.6 Å². The molecule has 0 fully saturated rings.